The van der Waals surface area contributed by atoms with Crippen molar-refractivity contribution in [3.8, 4) is 5.75 Å². The quantitative estimate of drug-likeness (QED) is 0.583. The van der Waals surface area contributed by atoms with E-state index in [0.717, 1.165) is 0 Å². The molecule has 6 nitrogen and oxygen atoms in total. The summed E-state index contributed by atoms with van der Waals surface area (Å²) in [7, 11) is -3.91. The summed E-state index contributed by atoms with van der Waals surface area (Å²) in [6, 6.07) is 0. The van der Waals surface area contributed by atoms with E-state index in [-0.39, 0.29) is 5.75 Å². The molecule has 0 aromatic carbocycles. The fourth-order valence-electron chi connectivity index (χ4n) is 0.419. The molecular formula is C3H5N3O3S. The number of H-pyrrole nitrogens is 1. The smallest absolute Gasteiger partial charge is 0.368 e. The lowest BCUT2D eigenvalue weighted by Gasteiger charge is -1.94. The molecule has 0 atom stereocenters. The molecule has 0 unspecified atom stereocenters. The van der Waals surface area contributed by atoms with Gasteiger partial charge in [0.2, 0.25) is 0 Å². The van der Waals surface area contributed by atoms with E-state index in [2.05, 4.69) is 19.5 Å². The number of nitrogens with zero attached hydrogens (tertiary/aromatic N) is 1. The van der Waals surface area contributed by atoms with Gasteiger partial charge < -0.3 is 4.18 Å². The molecule has 0 aliphatic heterocycles. The highest BCUT2D eigenvalue weighted by Crippen LogP contribution is 2.05. The standard InChI is InChI=1S/C3H5N3O3S/c4-10(7,8)9-3-1-5-6-2-3/h1-2H,(H,5,6)(H2,4,7,8). The lowest BCUT2D eigenvalue weighted by atomic mass is 10.7. The van der Waals surface area contributed by atoms with Gasteiger partial charge in [0, 0.05) is 0 Å². The zero-order valence-corrected chi connectivity index (χ0v) is 5.63. The van der Waals surface area contributed by atoms with Crippen molar-refractivity contribution in [1.82, 2.24) is 10.2 Å². The highest BCUT2D eigenvalue weighted by molar-refractivity contribution is 7.84. The molecule has 0 bridgehead atoms. The monoisotopic (exact) mass is 163 g/mol. The molecule has 3 N–H and O–H groups in total. The molecule has 56 valence electrons. The number of nitrogens with one attached hydrogen (secondary N) is 1. The molecule has 1 heterocycles. The largest absolute Gasteiger partial charge is 0.380 e. The highest BCUT2D eigenvalue weighted by atomic mass is 32.2. The Balaban J connectivity index is 2.75. The van der Waals surface area contributed by atoms with Crippen LogP contribution < -0.4 is 9.32 Å². The average molecular weight is 163 g/mol. The van der Waals surface area contributed by atoms with Crippen molar-refractivity contribution in [2.24, 2.45) is 5.14 Å². The highest BCUT2D eigenvalue weighted by Gasteiger charge is 2.03. The van der Waals surface area contributed by atoms with Gasteiger partial charge in [0.1, 0.15) is 0 Å². The van der Waals surface area contributed by atoms with Crippen molar-refractivity contribution in [3.05, 3.63) is 12.4 Å². The molecule has 0 saturated carbocycles. The maximum atomic E-state index is 10.2. The summed E-state index contributed by atoms with van der Waals surface area (Å²) in [4.78, 5) is 0. The molecule has 10 heavy (non-hydrogen) atoms. The van der Waals surface area contributed by atoms with Crippen LogP contribution in [0, 0.1) is 0 Å². The number of nitrogens with two attached hydrogens (primary N) is 1. The Morgan fingerprint density at radius 1 is 1.70 bits per heavy atom. The minimum atomic E-state index is -3.91. The first-order valence-corrected chi connectivity index (χ1v) is 3.76. The summed E-state index contributed by atoms with van der Waals surface area (Å²) in [5.41, 5.74) is 0. The summed E-state index contributed by atoms with van der Waals surface area (Å²) >= 11 is 0. The minimum absolute atomic E-state index is 0.0718. The zero-order chi connectivity index (χ0) is 7.61. The van der Waals surface area contributed by atoms with E-state index in [9.17, 15) is 8.42 Å². The van der Waals surface area contributed by atoms with Crippen LogP contribution in [-0.2, 0) is 10.3 Å². The fourth-order valence-corrected chi connectivity index (χ4v) is 0.778. The lowest BCUT2D eigenvalue weighted by Crippen LogP contribution is -2.18. The number of rotatable bonds is 2. The average Bonchev–Trinajstić information content (AvgIpc) is 2.12. The normalized spacial score (nSPS) is 11.3. The third kappa shape index (κ3) is 2.03. The van der Waals surface area contributed by atoms with Gasteiger partial charge in [0.25, 0.3) is 0 Å². The Morgan fingerprint density at radius 3 is 2.80 bits per heavy atom. The molecular weight excluding hydrogens is 158 g/mol. The number of hydrogen-bond acceptors (Lipinski definition) is 4. The molecule has 1 aromatic rings. The molecule has 0 amide bonds. The summed E-state index contributed by atoms with van der Waals surface area (Å²) in [5, 5.41) is 10.3. The molecule has 1 aromatic heterocycles. The second kappa shape index (κ2) is 2.27. The molecule has 0 radical (unpaired) electrons. The summed E-state index contributed by atoms with van der Waals surface area (Å²) in [5.74, 6) is 0.0718. The topological polar surface area (TPSA) is 98.1 Å². The number of aromatic nitrogens is 2. The van der Waals surface area contributed by atoms with E-state index >= 15 is 0 Å². The van der Waals surface area contributed by atoms with Gasteiger partial charge in [-0.15, -0.1) is 0 Å². The van der Waals surface area contributed by atoms with Crippen LogP contribution in [0.25, 0.3) is 0 Å². The molecule has 0 aliphatic carbocycles. The van der Waals surface area contributed by atoms with Crippen LogP contribution in [0.1, 0.15) is 0 Å². The van der Waals surface area contributed by atoms with Crippen LogP contribution in [-0.4, -0.2) is 18.6 Å². The van der Waals surface area contributed by atoms with Gasteiger partial charge in [-0.1, -0.05) is 0 Å². The van der Waals surface area contributed by atoms with Crippen molar-refractivity contribution >= 4 is 10.3 Å². The maximum Gasteiger partial charge on any atom is 0.380 e. The maximum absolute atomic E-state index is 10.2. The summed E-state index contributed by atoms with van der Waals surface area (Å²) < 4.78 is 24.6. The second-order valence-corrected chi connectivity index (χ2v) is 2.66. The van der Waals surface area contributed by atoms with Gasteiger partial charge in [-0.2, -0.15) is 18.7 Å². The third-order valence-electron chi connectivity index (χ3n) is 0.686. The summed E-state index contributed by atoms with van der Waals surface area (Å²) in [6.45, 7) is 0. The van der Waals surface area contributed by atoms with Crippen molar-refractivity contribution in [2.45, 2.75) is 0 Å². The van der Waals surface area contributed by atoms with Crippen molar-refractivity contribution in [3.63, 3.8) is 0 Å². The van der Waals surface area contributed by atoms with Gasteiger partial charge in [0.15, 0.2) is 5.75 Å². The van der Waals surface area contributed by atoms with Gasteiger partial charge in [-0.05, 0) is 0 Å². The summed E-state index contributed by atoms with van der Waals surface area (Å²) in [6.07, 6.45) is 2.47. The van der Waals surface area contributed by atoms with Gasteiger partial charge in [0.05, 0.1) is 12.4 Å². The Morgan fingerprint density at radius 2 is 2.40 bits per heavy atom. The van der Waals surface area contributed by atoms with E-state index < -0.39 is 10.3 Å². The Kier molecular flexibility index (Phi) is 1.60. The van der Waals surface area contributed by atoms with Crippen LogP contribution in [0.3, 0.4) is 0 Å². The van der Waals surface area contributed by atoms with Crippen LogP contribution in [0.4, 0.5) is 0 Å². The number of hydrogen-bond donors (Lipinski definition) is 2. The zero-order valence-electron chi connectivity index (χ0n) is 4.81. The minimum Gasteiger partial charge on any atom is -0.368 e. The Bertz CT molecular complexity index is 289. The molecule has 7 heteroatoms. The Labute approximate surface area is 57.3 Å². The lowest BCUT2D eigenvalue weighted by molar-refractivity contribution is 0.488. The first kappa shape index (κ1) is 7.03. The first-order valence-electron chi connectivity index (χ1n) is 2.29. The predicted octanol–water partition coefficient (Wildman–Crippen LogP) is -1.01. The second-order valence-electron chi connectivity index (χ2n) is 1.51. The SMILES string of the molecule is NS(=O)(=O)Oc1cn[nH]c1. The van der Waals surface area contributed by atoms with Crippen LogP contribution in [0.2, 0.25) is 0 Å². The predicted molar refractivity (Wildman–Crippen MR) is 32.3 cm³/mol. The Hall–Kier alpha value is -1.08. The molecule has 0 aliphatic rings. The molecule has 1 rings (SSSR count). The van der Waals surface area contributed by atoms with Crippen molar-refractivity contribution < 1.29 is 12.6 Å². The fraction of sp³-hybridized carbons (Fsp3) is 0. The van der Waals surface area contributed by atoms with Crippen LogP contribution in [0.15, 0.2) is 12.4 Å². The van der Waals surface area contributed by atoms with Gasteiger partial charge in [-0.25, -0.2) is 0 Å². The van der Waals surface area contributed by atoms with E-state index in [1.165, 1.54) is 12.4 Å². The van der Waals surface area contributed by atoms with Crippen molar-refractivity contribution in [2.75, 3.05) is 0 Å². The van der Waals surface area contributed by atoms with E-state index in [1.807, 2.05) is 0 Å². The van der Waals surface area contributed by atoms with Crippen LogP contribution >= 0.6 is 0 Å². The molecule has 0 spiro atoms. The van der Waals surface area contributed by atoms with E-state index in [0.29, 0.717) is 0 Å². The number of aromatic amines is 1. The third-order valence-corrected chi connectivity index (χ3v) is 1.11. The van der Waals surface area contributed by atoms with Gasteiger partial charge in [-0.3, -0.25) is 5.10 Å². The van der Waals surface area contributed by atoms with Crippen molar-refractivity contribution in [1.29, 1.82) is 0 Å². The van der Waals surface area contributed by atoms with E-state index in [4.69, 9.17) is 0 Å². The molecule has 0 saturated heterocycles. The van der Waals surface area contributed by atoms with Gasteiger partial charge >= 0.3 is 10.3 Å². The van der Waals surface area contributed by atoms with E-state index in [1.54, 1.807) is 0 Å². The van der Waals surface area contributed by atoms with Crippen LogP contribution in [0.5, 0.6) is 5.75 Å². The first-order chi connectivity index (χ1) is 4.58. The molecule has 0 fully saturated rings.